The molecule has 0 aliphatic carbocycles. The predicted molar refractivity (Wildman–Crippen MR) is 83.2 cm³/mol. The molecule has 0 heterocycles. The van der Waals surface area contributed by atoms with Gasteiger partial charge in [-0.05, 0) is 24.3 Å². The van der Waals surface area contributed by atoms with Crippen molar-refractivity contribution in [3.05, 3.63) is 54.6 Å². The number of urea groups is 1. The molecule has 3 amide bonds. The van der Waals surface area contributed by atoms with Crippen LogP contribution in [0.1, 0.15) is 0 Å². The molecule has 0 saturated carbocycles. The molecule has 6 heteroatoms. The van der Waals surface area contributed by atoms with Gasteiger partial charge < -0.3 is 21.7 Å². The Labute approximate surface area is 122 Å². The van der Waals surface area contributed by atoms with Crippen LogP contribution >= 0.6 is 0 Å². The van der Waals surface area contributed by atoms with Gasteiger partial charge in [-0.1, -0.05) is 30.3 Å². The number of amides is 3. The third kappa shape index (κ3) is 4.32. The van der Waals surface area contributed by atoms with E-state index in [1.165, 1.54) is 0 Å². The van der Waals surface area contributed by atoms with Gasteiger partial charge in [-0.3, -0.25) is 4.79 Å². The summed E-state index contributed by atoms with van der Waals surface area (Å²) in [6.07, 6.45) is 0. The lowest BCUT2D eigenvalue weighted by atomic mass is 10.2. The van der Waals surface area contributed by atoms with E-state index in [-0.39, 0.29) is 12.5 Å². The van der Waals surface area contributed by atoms with Crippen molar-refractivity contribution >= 4 is 29.0 Å². The standard InChI is InChI=1S/C15H16N4O2/c16-10-14(20)18-12-8-4-5-9-13(12)19-15(21)17-11-6-2-1-3-7-11/h1-9H,10,16H2,(H,18,20)(H2,17,19,21). The predicted octanol–water partition coefficient (Wildman–Crippen LogP) is 2.23. The zero-order valence-corrected chi connectivity index (χ0v) is 11.3. The summed E-state index contributed by atoms with van der Waals surface area (Å²) in [5.41, 5.74) is 6.93. The van der Waals surface area contributed by atoms with Gasteiger partial charge in [0.25, 0.3) is 0 Å². The summed E-state index contributed by atoms with van der Waals surface area (Å²) in [5, 5.41) is 8.00. The highest BCUT2D eigenvalue weighted by atomic mass is 16.2. The Morgan fingerprint density at radius 1 is 0.810 bits per heavy atom. The largest absolute Gasteiger partial charge is 0.323 e. The molecule has 2 rings (SSSR count). The van der Waals surface area contributed by atoms with Crippen molar-refractivity contribution in [2.45, 2.75) is 0 Å². The molecular formula is C15H16N4O2. The molecule has 0 unspecified atom stereocenters. The van der Waals surface area contributed by atoms with Gasteiger partial charge in [-0.25, -0.2) is 4.79 Å². The van der Waals surface area contributed by atoms with Crippen LogP contribution in [-0.4, -0.2) is 18.5 Å². The topological polar surface area (TPSA) is 96.2 Å². The average molecular weight is 284 g/mol. The fraction of sp³-hybridized carbons (Fsp3) is 0.0667. The van der Waals surface area contributed by atoms with Crippen LogP contribution in [0, 0.1) is 0 Å². The van der Waals surface area contributed by atoms with Crippen molar-refractivity contribution in [1.82, 2.24) is 0 Å². The van der Waals surface area contributed by atoms with E-state index in [1.807, 2.05) is 18.2 Å². The van der Waals surface area contributed by atoms with E-state index < -0.39 is 6.03 Å². The van der Waals surface area contributed by atoms with Gasteiger partial charge in [0.2, 0.25) is 5.91 Å². The maximum Gasteiger partial charge on any atom is 0.323 e. The second kappa shape index (κ2) is 7.06. The number of hydrogen-bond acceptors (Lipinski definition) is 3. The Morgan fingerprint density at radius 2 is 1.38 bits per heavy atom. The van der Waals surface area contributed by atoms with Crippen LogP contribution in [0.2, 0.25) is 0 Å². The fourth-order valence-corrected chi connectivity index (χ4v) is 1.71. The number of hydrogen-bond donors (Lipinski definition) is 4. The van der Waals surface area contributed by atoms with Crippen molar-refractivity contribution in [3.8, 4) is 0 Å². The van der Waals surface area contributed by atoms with Gasteiger partial charge in [0, 0.05) is 5.69 Å². The molecule has 21 heavy (non-hydrogen) atoms. The van der Waals surface area contributed by atoms with Crippen molar-refractivity contribution in [3.63, 3.8) is 0 Å². The molecule has 0 atom stereocenters. The zero-order chi connectivity index (χ0) is 15.1. The lowest BCUT2D eigenvalue weighted by molar-refractivity contribution is -0.114. The molecule has 0 aliphatic heterocycles. The number of carbonyl (C=O) groups is 2. The summed E-state index contributed by atoms with van der Waals surface area (Å²) in [5.74, 6) is -0.326. The van der Waals surface area contributed by atoms with Crippen molar-refractivity contribution in [2.24, 2.45) is 5.73 Å². The molecule has 2 aromatic carbocycles. The van der Waals surface area contributed by atoms with E-state index in [4.69, 9.17) is 5.73 Å². The van der Waals surface area contributed by atoms with Crippen molar-refractivity contribution < 1.29 is 9.59 Å². The monoisotopic (exact) mass is 284 g/mol. The van der Waals surface area contributed by atoms with Crippen LogP contribution in [0.3, 0.4) is 0 Å². The van der Waals surface area contributed by atoms with E-state index in [0.29, 0.717) is 17.1 Å². The lowest BCUT2D eigenvalue weighted by Crippen LogP contribution is -2.24. The maximum absolute atomic E-state index is 11.9. The van der Waals surface area contributed by atoms with Gasteiger partial charge >= 0.3 is 6.03 Å². The SMILES string of the molecule is NCC(=O)Nc1ccccc1NC(=O)Nc1ccccc1. The Balaban J connectivity index is 2.05. The van der Waals surface area contributed by atoms with E-state index >= 15 is 0 Å². The molecule has 0 aromatic heterocycles. The third-order valence-corrected chi connectivity index (χ3v) is 2.67. The summed E-state index contributed by atoms with van der Waals surface area (Å²) in [7, 11) is 0. The van der Waals surface area contributed by atoms with Crippen LogP contribution in [-0.2, 0) is 4.79 Å². The first kappa shape index (κ1) is 14.5. The second-order valence-corrected chi connectivity index (χ2v) is 4.24. The lowest BCUT2D eigenvalue weighted by Gasteiger charge is -2.12. The number of rotatable bonds is 4. The number of anilines is 3. The average Bonchev–Trinajstić information content (AvgIpc) is 2.50. The van der Waals surface area contributed by atoms with E-state index in [2.05, 4.69) is 16.0 Å². The van der Waals surface area contributed by atoms with Gasteiger partial charge in [0.1, 0.15) is 0 Å². The van der Waals surface area contributed by atoms with E-state index in [1.54, 1.807) is 36.4 Å². The molecule has 0 aliphatic rings. The summed E-state index contributed by atoms with van der Waals surface area (Å²) in [6, 6.07) is 15.6. The van der Waals surface area contributed by atoms with Crippen molar-refractivity contribution in [2.75, 3.05) is 22.5 Å². The molecule has 0 radical (unpaired) electrons. The molecule has 0 fully saturated rings. The smallest absolute Gasteiger partial charge is 0.323 e. The minimum atomic E-state index is -0.393. The van der Waals surface area contributed by atoms with Gasteiger partial charge in [-0.15, -0.1) is 0 Å². The molecule has 6 nitrogen and oxygen atoms in total. The Hall–Kier alpha value is -2.86. The highest BCUT2D eigenvalue weighted by Crippen LogP contribution is 2.21. The second-order valence-electron chi connectivity index (χ2n) is 4.24. The maximum atomic E-state index is 11.9. The molecule has 2 aromatic rings. The molecule has 0 bridgehead atoms. The molecular weight excluding hydrogens is 268 g/mol. The Bertz CT molecular complexity index is 629. The number of para-hydroxylation sites is 3. The number of nitrogens with one attached hydrogen (secondary N) is 3. The van der Waals surface area contributed by atoms with Crippen LogP contribution < -0.4 is 21.7 Å². The van der Waals surface area contributed by atoms with Gasteiger partial charge in [0.05, 0.1) is 17.9 Å². The summed E-state index contributed by atoms with van der Waals surface area (Å²) in [4.78, 5) is 23.3. The van der Waals surface area contributed by atoms with E-state index in [9.17, 15) is 9.59 Å². The summed E-state index contributed by atoms with van der Waals surface area (Å²) >= 11 is 0. The normalized spacial score (nSPS) is 9.76. The minimum Gasteiger partial charge on any atom is -0.323 e. The van der Waals surface area contributed by atoms with Crippen LogP contribution in [0.25, 0.3) is 0 Å². The van der Waals surface area contributed by atoms with Gasteiger partial charge in [-0.2, -0.15) is 0 Å². The molecule has 108 valence electrons. The summed E-state index contributed by atoms with van der Waals surface area (Å²) in [6.45, 7) is -0.120. The highest BCUT2D eigenvalue weighted by Gasteiger charge is 2.08. The third-order valence-electron chi connectivity index (χ3n) is 2.67. The number of nitrogens with two attached hydrogens (primary N) is 1. The first-order valence-corrected chi connectivity index (χ1v) is 6.41. The first-order chi connectivity index (χ1) is 10.2. The zero-order valence-electron chi connectivity index (χ0n) is 11.3. The Kier molecular flexibility index (Phi) is 4.89. The Morgan fingerprint density at radius 3 is 2.00 bits per heavy atom. The highest BCUT2D eigenvalue weighted by molar-refractivity contribution is 6.04. The number of benzene rings is 2. The summed E-state index contributed by atoms with van der Waals surface area (Å²) < 4.78 is 0. The molecule has 5 N–H and O–H groups in total. The minimum absolute atomic E-state index is 0.120. The van der Waals surface area contributed by atoms with Gasteiger partial charge in [0.15, 0.2) is 0 Å². The van der Waals surface area contributed by atoms with Crippen molar-refractivity contribution in [1.29, 1.82) is 0 Å². The number of carbonyl (C=O) groups excluding carboxylic acids is 2. The first-order valence-electron chi connectivity index (χ1n) is 6.41. The van der Waals surface area contributed by atoms with Crippen LogP contribution in [0.5, 0.6) is 0 Å². The fourth-order valence-electron chi connectivity index (χ4n) is 1.71. The molecule has 0 saturated heterocycles. The van der Waals surface area contributed by atoms with Crippen LogP contribution in [0.15, 0.2) is 54.6 Å². The quantitative estimate of drug-likeness (QED) is 0.693. The molecule has 0 spiro atoms. The van der Waals surface area contributed by atoms with Crippen LogP contribution in [0.4, 0.5) is 21.9 Å². The van der Waals surface area contributed by atoms with E-state index in [0.717, 1.165) is 0 Å².